The predicted octanol–water partition coefficient (Wildman–Crippen LogP) is 4.66. The van der Waals surface area contributed by atoms with E-state index in [9.17, 15) is 4.79 Å². The Labute approximate surface area is 175 Å². The smallest absolute Gasteiger partial charge is 0.315 e. The van der Waals surface area contributed by atoms with Crippen molar-refractivity contribution in [2.24, 2.45) is 0 Å². The summed E-state index contributed by atoms with van der Waals surface area (Å²) in [5.74, 6) is 0.843. The lowest BCUT2D eigenvalue weighted by molar-refractivity contribution is 0.218. The highest BCUT2D eigenvalue weighted by Crippen LogP contribution is 2.27. The summed E-state index contributed by atoms with van der Waals surface area (Å²) in [7, 11) is 1.68. The number of benzene rings is 2. The quantitative estimate of drug-likeness (QED) is 0.651. The van der Waals surface area contributed by atoms with Gasteiger partial charge in [0.05, 0.1) is 19.2 Å². The molecule has 2 unspecified atom stereocenters. The highest BCUT2D eigenvalue weighted by Gasteiger charge is 2.24. The summed E-state index contributed by atoms with van der Waals surface area (Å²) in [4.78, 5) is 14.9. The number of halogens is 1. The second kappa shape index (κ2) is 9.94. The second-order valence-corrected chi connectivity index (χ2v) is 8.08. The van der Waals surface area contributed by atoms with Gasteiger partial charge in [-0.2, -0.15) is 0 Å². The number of ether oxygens (including phenoxy) is 1. The summed E-state index contributed by atoms with van der Waals surface area (Å²) >= 11 is 3.44. The zero-order valence-corrected chi connectivity index (χ0v) is 18.0. The molecular formula is C22H28BrN3O2. The average molecular weight is 446 g/mol. The number of nitrogens with zero attached hydrogens (tertiary/aromatic N) is 1. The van der Waals surface area contributed by atoms with Gasteiger partial charge in [0.1, 0.15) is 5.75 Å². The molecule has 3 rings (SSSR count). The minimum atomic E-state index is -0.150. The van der Waals surface area contributed by atoms with Gasteiger partial charge in [-0.1, -0.05) is 40.2 Å². The lowest BCUT2D eigenvalue weighted by atomic mass is 10.0. The largest absolute Gasteiger partial charge is 0.497 e. The van der Waals surface area contributed by atoms with E-state index in [0.29, 0.717) is 6.54 Å². The monoisotopic (exact) mass is 445 g/mol. The summed E-state index contributed by atoms with van der Waals surface area (Å²) in [5.41, 5.74) is 2.24. The lowest BCUT2D eigenvalue weighted by Gasteiger charge is -2.28. The Hall–Kier alpha value is -2.05. The molecule has 2 aromatic carbocycles. The van der Waals surface area contributed by atoms with E-state index in [4.69, 9.17) is 4.74 Å². The molecule has 150 valence electrons. The van der Waals surface area contributed by atoms with Gasteiger partial charge in [-0.05, 0) is 68.2 Å². The molecule has 1 heterocycles. The van der Waals surface area contributed by atoms with Crippen LogP contribution in [0.25, 0.3) is 0 Å². The van der Waals surface area contributed by atoms with Crippen LogP contribution in [-0.2, 0) is 0 Å². The Bertz CT molecular complexity index is 776. The zero-order valence-electron chi connectivity index (χ0n) is 16.5. The fourth-order valence-electron chi connectivity index (χ4n) is 3.63. The molecule has 2 amide bonds. The first kappa shape index (κ1) is 20.7. The molecule has 0 spiro atoms. The van der Waals surface area contributed by atoms with E-state index in [1.54, 1.807) is 7.11 Å². The van der Waals surface area contributed by atoms with Crippen molar-refractivity contribution in [3.05, 3.63) is 64.1 Å². The SMILES string of the molecule is COc1cccc(C(CNC(=O)NC(C)c2ccc(Br)cc2)N2CCCC2)c1. The van der Waals surface area contributed by atoms with Crippen molar-refractivity contribution in [3.8, 4) is 5.75 Å². The van der Waals surface area contributed by atoms with Gasteiger partial charge in [0.2, 0.25) is 0 Å². The summed E-state index contributed by atoms with van der Waals surface area (Å²) in [5, 5.41) is 6.09. The molecule has 1 aliphatic heterocycles. The van der Waals surface area contributed by atoms with Gasteiger partial charge < -0.3 is 15.4 Å². The van der Waals surface area contributed by atoms with Crippen LogP contribution in [-0.4, -0.2) is 37.7 Å². The molecule has 0 aliphatic carbocycles. The summed E-state index contributed by atoms with van der Waals surface area (Å²) < 4.78 is 6.41. The molecule has 2 N–H and O–H groups in total. The van der Waals surface area contributed by atoms with Gasteiger partial charge in [0.15, 0.2) is 0 Å². The topological polar surface area (TPSA) is 53.6 Å². The fraction of sp³-hybridized carbons (Fsp3) is 0.409. The minimum Gasteiger partial charge on any atom is -0.497 e. The molecule has 0 aromatic heterocycles. The van der Waals surface area contributed by atoms with E-state index in [2.05, 4.69) is 43.6 Å². The molecule has 5 nitrogen and oxygen atoms in total. The Morgan fingerprint density at radius 1 is 1.14 bits per heavy atom. The Balaban J connectivity index is 1.62. The standard InChI is InChI=1S/C22H28BrN3O2/c1-16(17-8-10-19(23)11-9-17)25-22(27)24-15-21(26-12-3-4-13-26)18-6-5-7-20(14-18)28-2/h5-11,14,16,21H,3-4,12-13,15H2,1-2H3,(H2,24,25,27). The van der Waals surface area contributed by atoms with Crippen LogP contribution < -0.4 is 15.4 Å². The molecule has 2 aromatic rings. The Morgan fingerprint density at radius 3 is 2.54 bits per heavy atom. The van der Waals surface area contributed by atoms with Gasteiger partial charge in [-0.15, -0.1) is 0 Å². The van der Waals surface area contributed by atoms with Gasteiger partial charge in [0, 0.05) is 11.0 Å². The first-order chi connectivity index (χ1) is 13.6. The molecule has 28 heavy (non-hydrogen) atoms. The van der Waals surface area contributed by atoms with Crippen molar-refractivity contribution >= 4 is 22.0 Å². The van der Waals surface area contributed by atoms with Crippen LogP contribution in [0.2, 0.25) is 0 Å². The molecule has 0 bridgehead atoms. The van der Waals surface area contributed by atoms with Gasteiger partial charge >= 0.3 is 6.03 Å². The van der Waals surface area contributed by atoms with Crippen molar-refractivity contribution in [1.29, 1.82) is 0 Å². The number of amides is 2. The number of carbonyl (C=O) groups excluding carboxylic acids is 1. The number of rotatable bonds is 7. The van der Waals surface area contributed by atoms with E-state index in [0.717, 1.165) is 28.9 Å². The number of hydrogen-bond donors (Lipinski definition) is 2. The van der Waals surface area contributed by atoms with Crippen molar-refractivity contribution in [3.63, 3.8) is 0 Å². The van der Waals surface area contributed by atoms with Gasteiger partial charge in [-0.25, -0.2) is 4.79 Å². The lowest BCUT2D eigenvalue weighted by Crippen LogP contribution is -2.42. The number of likely N-dealkylation sites (tertiary alicyclic amines) is 1. The molecule has 0 saturated carbocycles. The average Bonchev–Trinajstić information content (AvgIpc) is 3.23. The molecule has 6 heteroatoms. The zero-order chi connectivity index (χ0) is 19.9. The Morgan fingerprint density at radius 2 is 1.86 bits per heavy atom. The normalized spacial score (nSPS) is 16.4. The van der Waals surface area contributed by atoms with Gasteiger partial charge in [-0.3, -0.25) is 4.90 Å². The summed E-state index contributed by atoms with van der Waals surface area (Å²) in [6.07, 6.45) is 2.40. The van der Waals surface area contributed by atoms with Crippen LogP contribution >= 0.6 is 15.9 Å². The number of urea groups is 1. The maximum Gasteiger partial charge on any atom is 0.315 e. The van der Waals surface area contributed by atoms with Crippen LogP contribution in [0.4, 0.5) is 4.79 Å². The van der Waals surface area contributed by atoms with Crippen molar-refractivity contribution in [2.45, 2.75) is 31.8 Å². The number of hydrogen-bond acceptors (Lipinski definition) is 3. The molecule has 2 atom stereocenters. The van der Waals surface area contributed by atoms with E-state index in [-0.39, 0.29) is 18.1 Å². The third-order valence-corrected chi connectivity index (χ3v) is 5.76. The number of nitrogens with one attached hydrogen (secondary N) is 2. The van der Waals surface area contributed by atoms with Crippen LogP contribution in [0, 0.1) is 0 Å². The first-order valence-electron chi connectivity index (χ1n) is 9.74. The van der Waals surface area contributed by atoms with E-state index in [1.807, 2.05) is 43.3 Å². The Kier molecular flexibility index (Phi) is 7.34. The van der Waals surface area contributed by atoms with Crippen molar-refractivity contribution < 1.29 is 9.53 Å². The third-order valence-electron chi connectivity index (χ3n) is 5.23. The second-order valence-electron chi connectivity index (χ2n) is 7.16. The van der Waals surface area contributed by atoms with Crippen molar-refractivity contribution in [1.82, 2.24) is 15.5 Å². The van der Waals surface area contributed by atoms with Crippen LogP contribution in [0.1, 0.15) is 43.0 Å². The van der Waals surface area contributed by atoms with Crippen LogP contribution in [0.3, 0.4) is 0 Å². The minimum absolute atomic E-state index is 0.0600. The maximum atomic E-state index is 12.5. The molecule has 1 saturated heterocycles. The molecular weight excluding hydrogens is 418 g/mol. The molecule has 1 aliphatic rings. The van der Waals surface area contributed by atoms with E-state index >= 15 is 0 Å². The van der Waals surface area contributed by atoms with Gasteiger partial charge in [0.25, 0.3) is 0 Å². The third kappa shape index (κ3) is 5.49. The highest BCUT2D eigenvalue weighted by molar-refractivity contribution is 9.10. The number of carbonyl (C=O) groups is 1. The first-order valence-corrected chi connectivity index (χ1v) is 10.5. The highest BCUT2D eigenvalue weighted by atomic mass is 79.9. The number of methoxy groups -OCH3 is 1. The molecule has 1 fully saturated rings. The predicted molar refractivity (Wildman–Crippen MR) is 116 cm³/mol. The van der Waals surface area contributed by atoms with Crippen molar-refractivity contribution in [2.75, 3.05) is 26.7 Å². The van der Waals surface area contributed by atoms with Crippen LogP contribution in [0.15, 0.2) is 53.0 Å². The summed E-state index contributed by atoms with van der Waals surface area (Å²) in [6.45, 7) is 4.66. The fourth-order valence-corrected chi connectivity index (χ4v) is 3.90. The molecule has 0 radical (unpaired) electrons. The maximum absolute atomic E-state index is 12.5. The van der Waals surface area contributed by atoms with E-state index < -0.39 is 0 Å². The van der Waals surface area contributed by atoms with E-state index in [1.165, 1.54) is 18.4 Å². The summed E-state index contributed by atoms with van der Waals surface area (Å²) in [6, 6.07) is 16.1. The van der Waals surface area contributed by atoms with Crippen LogP contribution in [0.5, 0.6) is 5.75 Å².